The molecule has 2 rings (SSSR count). The normalized spacial score (nSPS) is 10.6. The highest BCUT2D eigenvalue weighted by molar-refractivity contribution is 9.10. The zero-order valence-electron chi connectivity index (χ0n) is 9.24. The summed E-state index contributed by atoms with van der Waals surface area (Å²) in [5.41, 5.74) is 5.44. The molecule has 0 bridgehead atoms. The van der Waals surface area contributed by atoms with Gasteiger partial charge in [-0.2, -0.15) is 5.10 Å². The number of nitrogens with two attached hydrogens (primary N) is 1. The van der Waals surface area contributed by atoms with Gasteiger partial charge in [-0.25, -0.2) is 8.78 Å². The lowest BCUT2D eigenvalue weighted by Crippen LogP contribution is -2.10. The predicted octanol–water partition coefficient (Wildman–Crippen LogP) is 2.59. The van der Waals surface area contributed by atoms with E-state index in [1.165, 1.54) is 0 Å². The first-order valence-electron chi connectivity index (χ1n) is 5.12. The molecule has 0 saturated carbocycles. The second kappa shape index (κ2) is 5.34. The molecule has 0 aliphatic heterocycles. The molecule has 1 aromatic carbocycles. The van der Waals surface area contributed by atoms with E-state index in [9.17, 15) is 8.78 Å². The molecule has 2 aromatic rings. The summed E-state index contributed by atoms with van der Waals surface area (Å²) in [7, 11) is 0. The molecule has 0 spiro atoms. The van der Waals surface area contributed by atoms with Crippen LogP contribution in [0.15, 0.2) is 28.9 Å². The smallest absolute Gasteiger partial charge is 0.169 e. The summed E-state index contributed by atoms with van der Waals surface area (Å²) in [6.07, 6.45) is 1.69. The summed E-state index contributed by atoms with van der Waals surface area (Å²) >= 11 is 3.04. The van der Waals surface area contributed by atoms with Crippen molar-refractivity contribution in [2.24, 2.45) is 0 Å². The van der Waals surface area contributed by atoms with Crippen molar-refractivity contribution in [2.45, 2.75) is 6.54 Å². The van der Waals surface area contributed by atoms with Crippen molar-refractivity contribution in [3.63, 3.8) is 0 Å². The van der Waals surface area contributed by atoms with E-state index in [0.717, 1.165) is 12.1 Å². The van der Waals surface area contributed by atoms with Crippen molar-refractivity contribution in [1.29, 1.82) is 0 Å². The van der Waals surface area contributed by atoms with Crippen LogP contribution in [-0.4, -0.2) is 16.4 Å². The Balaban J connectivity index is 1.98. The van der Waals surface area contributed by atoms with E-state index in [1.54, 1.807) is 16.9 Å². The number of hydrogen-bond acceptors (Lipinski definition) is 3. The Morgan fingerprint density at radius 2 is 2.17 bits per heavy atom. The van der Waals surface area contributed by atoms with Crippen molar-refractivity contribution >= 4 is 21.7 Å². The molecule has 0 saturated heterocycles. The van der Waals surface area contributed by atoms with Crippen LogP contribution in [0.5, 0.6) is 5.75 Å². The summed E-state index contributed by atoms with van der Waals surface area (Å²) in [5, 5.41) is 3.95. The molecule has 1 aromatic heterocycles. The fourth-order valence-corrected chi connectivity index (χ4v) is 1.93. The highest BCUT2D eigenvalue weighted by atomic mass is 79.9. The lowest BCUT2D eigenvalue weighted by molar-refractivity contribution is 0.276. The van der Waals surface area contributed by atoms with E-state index in [1.807, 2.05) is 0 Å². The molecule has 0 fully saturated rings. The topological polar surface area (TPSA) is 53.1 Å². The number of aromatic nitrogens is 2. The van der Waals surface area contributed by atoms with Crippen LogP contribution in [-0.2, 0) is 6.54 Å². The van der Waals surface area contributed by atoms with E-state index < -0.39 is 11.6 Å². The zero-order valence-corrected chi connectivity index (χ0v) is 10.8. The number of nitrogen functional groups attached to an aromatic ring is 1. The standard InChI is InChI=1S/C11H10BrF2N3O/c12-8-5-7(13)6-9(14)11(8)18-4-3-17-2-1-10(15)16-17/h1-2,5-6H,3-4H2,(H2,15,16). The van der Waals surface area contributed by atoms with Gasteiger partial charge >= 0.3 is 0 Å². The minimum Gasteiger partial charge on any atom is -0.487 e. The van der Waals surface area contributed by atoms with Crippen molar-refractivity contribution < 1.29 is 13.5 Å². The molecule has 0 unspecified atom stereocenters. The van der Waals surface area contributed by atoms with E-state index in [4.69, 9.17) is 10.5 Å². The SMILES string of the molecule is Nc1ccn(CCOc2c(F)cc(F)cc2Br)n1. The number of anilines is 1. The molecule has 7 heteroatoms. The molecule has 2 N–H and O–H groups in total. The van der Waals surface area contributed by atoms with Crippen molar-refractivity contribution in [1.82, 2.24) is 9.78 Å². The van der Waals surface area contributed by atoms with Crippen molar-refractivity contribution in [3.8, 4) is 5.75 Å². The summed E-state index contributed by atoms with van der Waals surface area (Å²) in [6.45, 7) is 0.614. The van der Waals surface area contributed by atoms with Crippen LogP contribution < -0.4 is 10.5 Å². The third-order valence-corrected chi connectivity index (χ3v) is 2.78. The first-order chi connectivity index (χ1) is 8.56. The van der Waals surface area contributed by atoms with Gasteiger partial charge in [-0.05, 0) is 28.1 Å². The second-order valence-electron chi connectivity index (χ2n) is 3.55. The average Bonchev–Trinajstić information content (AvgIpc) is 2.68. The third-order valence-electron chi connectivity index (χ3n) is 2.19. The third kappa shape index (κ3) is 2.98. The highest BCUT2D eigenvalue weighted by Gasteiger charge is 2.10. The maximum absolute atomic E-state index is 13.4. The lowest BCUT2D eigenvalue weighted by atomic mass is 10.3. The van der Waals surface area contributed by atoms with Gasteiger partial charge in [0.05, 0.1) is 11.0 Å². The summed E-state index contributed by atoms with van der Waals surface area (Å²) in [4.78, 5) is 0. The van der Waals surface area contributed by atoms with Gasteiger partial charge in [0.25, 0.3) is 0 Å². The Morgan fingerprint density at radius 3 is 2.78 bits per heavy atom. The fourth-order valence-electron chi connectivity index (χ4n) is 1.41. The van der Waals surface area contributed by atoms with Crippen LogP contribution in [0.4, 0.5) is 14.6 Å². The minimum absolute atomic E-state index is 0.0171. The van der Waals surface area contributed by atoms with E-state index in [-0.39, 0.29) is 16.8 Å². The lowest BCUT2D eigenvalue weighted by Gasteiger charge is -2.09. The first-order valence-corrected chi connectivity index (χ1v) is 5.92. The van der Waals surface area contributed by atoms with Crippen molar-refractivity contribution in [2.75, 3.05) is 12.3 Å². The average molecular weight is 318 g/mol. The summed E-state index contributed by atoms with van der Waals surface area (Å²) < 4.78 is 33.3. The number of nitrogens with zero attached hydrogens (tertiary/aromatic N) is 2. The van der Waals surface area contributed by atoms with Crippen molar-refractivity contribution in [3.05, 3.63) is 40.5 Å². The van der Waals surface area contributed by atoms with E-state index in [2.05, 4.69) is 21.0 Å². The largest absolute Gasteiger partial charge is 0.487 e. The molecule has 0 amide bonds. The maximum Gasteiger partial charge on any atom is 0.169 e. The van der Waals surface area contributed by atoms with E-state index >= 15 is 0 Å². The molecule has 18 heavy (non-hydrogen) atoms. The Labute approximate surface area is 110 Å². The van der Waals surface area contributed by atoms with Gasteiger partial charge in [0.1, 0.15) is 18.2 Å². The predicted molar refractivity (Wildman–Crippen MR) is 66.2 cm³/mol. The Morgan fingerprint density at radius 1 is 1.39 bits per heavy atom. The number of ether oxygens (including phenoxy) is 1. The van der Waals surface area contributed by atoms with Gasteiger partial charge in [0.2, 0.25) is 0 Å². The molecule has 4 nitrogen and oxygen atoms in total. The minimum atomic E-state index is -0.748. The quantitative estimate of drug-likeness (QED) is 0.943. The van der Waals surface area contributed by atoms with Crippen LogP contribution in [0, 0.1) is 11.6 Å². The molecule has 0 radical (unpaired) electrons. The van der Waals surface area contributed by atoms with E-state index in [0.29, 0.717) is 12.4 Å². The molecular weight excluding hydrogens is 308 g/mol. The number of benzene rings is 1. The maximum atomic E-state index is 13.4. The molecule has 96 valence electrons. The molecule has 0 atom stereocenters. The highest BCUT2D eigenvalue weighted by Crippen LogP contribution is 2.29. The van der Waals surface area contributed by atoms with Crippen LogP contribution >= 0.6 is 15.9 Å². The summed E-state index contributed by atoms with van der Waals surface area (Å²) in [6, 6.07) is 3.56. The van der Waals surface area contributed by atoms with Gasteiger partial charge < -0.3 is 10.5 Å². The van der Waals surface area contributed by atoms with Gasteiger partial charge in [-0.15, -0.1) is 0 Å². The van der Waals surface area contributed by atoms with Gasteiger partial charge in [0, 0.05) is 12.3 Å². The van der Waals surface area contributed by atoms with Gasteiger partial charge in [-0.1, -0.05) is 0 Å². The molecule has 0 aliphatic carbocycles. The van der Waals surface area contributed by atoms with Crippen LogP contribution in [0.2, 0.25) is 0 Å². The number of rotatable bonds is 4. The Kier molecular flexibility index (Phi) is 3.81. The molecule has 0 aliphatic rings. The number of halogens is 3. The monoisotopic (exact) mass is 317 g/mol. The van der Waals surface area contributed by atoms with Gasteiger partial charge in [-0.3, -0.25) is 4.68 Å². The van der Waals surface area contributed by atoms with Crippen LogP contribution in [0.1, 0.15) is 0 Å². The van der Waals surface area contributed by atoms with Crippen LogP contribution in [0.3, 0.4) is 0 Å². The fraction of sp³-hybridized carbons (Fsp3) is 0.182. The zero-order chi connectivity index (χ0) is 13.1. The molecular formula is C11H10BrF2N3O. The Hall–Kier alpha value is -1.63. The molecule has 1 heterocycles. The Bertz CT molecular complexity index is 536. The van der Waals surface area contributed by atoms with Crippen LogP contribution in [0.25, 0.3) is 0 Å². The second-order valence-corrected chi connectivity index (χ2v) is 4.41. The first kappa shape index (κ1) is 12.8. The summed E-state index contributed by atoms with van der Waals surface area (Å²) in [5.74, 6) is -1.02. The number of hydrogen-bond donors (Lipinski definition) is 1. The van der Waals surface area contributed by atoms with Gasteiger partial charge in [0.15, 0.2) is 11.6 Å².